The average Bonchev–Trinajstić information content (AvgIpc) is 2.99. The zero-order valence-corrected chi connectivity index (χ0v) is 15.5. The molecule has 0 spiro atoms. The fourth-order valence-electron chi connectivity index (χ4n) is 3.48. The monoisotopic (exact) mass is 374 g/mol. The molecule has 26 heavy (non-hydrogen) atoms. The largest absolute Gasteiger partial charge is 0.339 e. The Labute approximate surface area is 159 Å². The van der Waals surface area contributed by atoms with Gasteiger partial charge in [0.1, 0.15) is 5.82 Å². The van der Waals surface area contributed by atoms with E-state index in [1.165, 1.54) is 6.07 Å². The molecule has 2 aromatic carbocycles. The lowest BCUT2D eigenvalue weighted by molar-refractivity contribution is -0.129. The van der Waals surface area contributed by atoms with Crippen molar-refractivity contribution in [2.24, 2.45) is 0 Å². The standard InChI is InChI=1S/C21H24ClFN2O/c22-19-7-3-1-5-16(19)12-14-25-18(9-10-21(25)26)11-13-24-15-17-6-2-4-8-20(17)23/h1-8,18,24H,9-15H2/t18-/m1/s1. The fourth-order valence-corrected chi connectivity index (χ4v) is 3.71. The minimum absolute atomic E-state index is 0.183. The third-order valence-corrected chi connectivity index (χ3v) is 5.33. The number of carbonyl (C=O) groups is 1. The summed E-state index contributed by atoms with van der Waals surface area (Å²) in [5.41, 5.74) is 1.75. The van der Waals surface area contributed by atoms with Crippen LogP contribution in [0.3, 0.4) is 0 Å². The molecule has 5 heteroatoms. The van der Waals surface area contributed by atoms with Crippen molar-refractivity contribution in [3.8, 4) is 0 Å². The van der Waals surface area contributed by atoms with E-state index >= 15 is 0 Å². The smallest absolute Gasteiger partial charge is 0.222 e. The van der Waals surface area contributed by atoms with Crippen LogP contribution in [0, 0.1) is 5.82 Å². The summed E-state index contributed by atoms with van der Waals surface area (Å²) in [7, 11) is 0. The number of nitrogens with one attached hydrogen (secondary N) is 1. The lowest BCUT2D eigenvalue weighted by atomic mass is 10.1. The van der Waals surface area contributed by atoms with Gasteiger partial charge in [0.05, 0.1) is 0 Å². The van der Waals surface area contributed by atoms with Crippen LogP contribution in [0.2, 0.25) is 5.02 Å². The molecule has 1 saturated heterocycles. The minimum Gasteiger partial charge on any atom is -0.339 e. The molecular formula is C21H24ClFN2O. The van der Waals surface area contributed by atoms with E-state index in [-0.39, 0.29) is 17.8 Å². The van der Waals surface area contributed by atoms with Crippen molar-refractivity contribution in [2.75, 3.05) is 13.1 Å². The molecule has 3 nitrogen and oxygen atoms in total. The number of carbonyl (C=O) groups excluding carboxylic acids is 1. The molecule has 0 bridgehead atoms. The lowest BCUT2D eigenvalue weighted by Gasteiger charge is -2.25. The van der Waals surface area contributed by atoms with Crippen LogP contribution in [0.4, 0.5) is 4.39 Å². The van der Waals surface area contributed by atoms with Crippen LogP contribution in [-0.2, 0) is 17.8 Å². The van der Waals surface area contributed by atoms with Gasteiger partial charge in [-0.25, -0.2) is 4.39 Å². The third-order valence-electron chi connectivity index (χ3n) is 4.96. The molecule has 0 unspecified atom stereocenters. The van der Waals surface area contributed by atoms with Gasteiger partial charge in [0.25, 0.3) is 0 Å². The highest BCUT2D eigenvalue weighted by Crippen LogP contribution is 2.23. The Morgan fingerprint density at radius 1 is 1.12 bits per heavy atom. The van der Waals surface area contributed by atoms with Crippen molar-refractivity contribution in [2.45, 2.75) is 38.3 Å². The van der Waals surface area contributed by atoms with Gasteiger partial charge in [-0.15, -0.1) is 0 Å². The number of hydrogen-bond donors (Lipinski definition) is 1. The van der Waals surface area contributed by atoms with Crippen LogP contribution in [0.25, 0.3) is 0 Å². The summed E-state index contributed by atoms with van der Waals surface area (Å²) in [5.74, 6) is 0.0357. The van der Waals surface area contributed by atoms with Gasteiger partial charge in [-0.05, 0) is 43.5 Å². The van der Waals surface area contributed by atoms with Crippen molar-refractivity contribution in [3.05, 3.63) is 70.5 Å². The maximum atomic E-state index is 13.6. The van der Waals surface area contributed by atoms with Gasteiger partial charge in [0.2, 0.25) is 5.91 Å². The lowest BCUT2D eigenvalue weighted by Crippen LogP contribution is -2.36. The van der Waals surface area contributed by atoms with Crippen molar-refractivity contribution in [3.63, 3.8) is 0 Å². The van der Waals surface area contributed by atoms with E-state index in [1.54, 1.807) is 12.1 Å². The van der Waals surface area contributed by atoms with E-state index in [4.69, 9.17) is 11.6 Å². The molecule has 1 aliphatic rings. The molecule has 1 atom stereocenters. The van der Waals surface area contributed by atoms with Crippen molar-refractivity contribution >= 4 is 17.5 Å². The van der Waals surface area contributed by atoms with Gasteiger partial charge < -0.3 is 10.2 Å². The minimum atomic E-state index is -0.183. The first-order chi connectivity index (χ1) is 12.6. The predicted octanol–water partition coefficient (Wildman–Crippen LogP) is 4.19. The van der Waals surface area contributed by atoms with E-state index in [0.29, 0.717) is 25.1 Å². The highest BCUT2D eigenvalue weighted by molar-refractivity contribution is 6.31. The molecule has 1 aliphatic heterocycles. The highest BCUT2D eigenvalue weighted by Gasteiger charge is 2.30. The molecule has 1 amide bonds. The molecule has 0 saturated carbocycles. The normalized spacial score (nSPS) is 17.1. The number of nitrogens with zero attached hydrogens (tertiary/aromatic N) is 1. The van der Waals surface area contributed by atoms with Crippen LogP contribution in [0.15, 0.2) is 48.5 Å². The van der Waals surface area contributed by atoms with E-state index in [1.807, 2.05) is 35.2 Å². The van der Waals surface area contributed by atoms with Crippen LogP contribution in [0.5, 0.6) is 0 Å². The summed E-state index contributed by atoms with van der Waals surface area (Å²) in [5, 5.41) is 4.04. The Morgan fingerprint density at radius 3 is 2.62 bits per heavy atom. The molecule has 0 aromatic heterocycles. The Kier molecular flexibility index (Phi) is 6.64. The maximum Gasteiger partial charge on any atom is 0.222 e. The molecule has 3 rings (SSSR count). The zero-order chi connectivity index (χ0) is 18.4. The first kappa shape index (κ1) is 18.9. The van der Waals surface area contributed by atoms with Gasteiger partial charge >= 0.3 is 0 Å². The van der Waals surface area contributed by atoms with Gasteiger partial charge in [0.15, 0.2) is 0 Å². The van der Waals surface area contributed by atoms with Crippen molar-refractivity contribution < 1.29 is 9.18 Å². The van der Waals surface area contributed by atoms with Crippen LogP contribution in [0.1, 0.15) is 30.4 Å². The molecule has 1 heterocycles. The zero-order valence-electron chi connectivity index (χ0n) is 14.8. The molecule has 138 valence electrons. The second-order valence-electron chi connectivity index (χ2n) is 6.68. The molecule has 1 fully saturated rings. The van der Waals surface area contributed by atoms with E-state index in [9.17, 15) is 9.18 Å². The molecule has 2 aromatic rings. The number of rotatable bonds is 8. The summed E-state index contributed by atoms with van der Waals surface area (Å²) in [6.07, 6.45) is 3.15. The number of hydrogen-bond acceptors (Lipinski definition) is 2. The van der Waals surface area contributed by atoms with Crippen molar-refractivity contribution in [1.29, 1.82) is 0 Å². The molecule has 0 aliphatic carbocycles. The third kappa shape index (κ3) is 4.83. The summed E-state index contributed by atoms with van der Waals surface area (Å²) in [4.78, 5) is 14.2. The van der Waals surface area contributed by atoms with Crippen LogP contribution < -0.4 is 5.32 Å². The van der Waals surface area contributed by atoms with Gasteiger partial charge in [-0.2, -0.15) is 0 Å². The Bertz CT molecular complexity index is 752. The summed E-state index contributed by atoms with van der Waals surface area (Å²) in [6.45, 7) is 1.96. The Balaban J connectivity index is 1.47. The van der Waals surface area contributed by atoms with Crippen molar-refractivity contribution in [1.82, 2.24) is 10.2 Å². The van der Waals surface area contributed by atoms with Crippen LogP contribution in [-0.4, -0.2) is 29.9 Å². The van der Waals surface area contributed by atoms with Crippen LogP contribution >= 0.6 is 11.6 Å². The molecular weight excluding hydrogens is 351 g/mol. The Hall–Kier alpha value is -1.91. The van der Waals surface area contributed by atoms with E-state index in [0.717, 1.165) is 36.4 Å². The topological polar surface area (TPSA) is 32.3 Å². The molecule has 0 radical (unpaired) electrons. The SMILES string of the molecule is O=C1CC[C@H](CCNCc2ccccc2F)N1CCc1ccccc1Cl. The number of benzene rings is 2. The van der Waals surface area contributed by atoms with Gasteiger partial charge in [-0.1, -0.05) is 48.0 Å². The quantitative estimate of drug-likeness (QED) is 0.702. The summed E-state index contributed by atoms with van der Waals surface area (Å²) in [6, 6.07) is 14.8. The highest BCUT2D eigenvalue weighted by atomic mass is 35.5. The van der Waals surface area contributed by atoms with E-state index in [2.05, 4.69) is 5.32 Å². The fraction of sp³-hybridized carbons (Fsp3) is 0.381. The Morgan fingerprint density at radius 2 is 1.85 bits per heavy atom. The average molecular weight is 375 g/mol. The number of halogens is 2. The van der Waals surface area contributed by atoms with E-state index < -0.39 is 0 Å². The second-order valence-corrected chi connectivity index (χ2v) is 7.09. The maximum absolute atomic E-state index is 13.6. The predicted molar refractivity (Wildman–Crippen MR) is 103 cm³/mol. The first-order valence-corrected chi connectivity index (χ1v) is 9.50. The summed E-state index contributed by atoms with van der Waals surface area (Å²) >= 11 is 6.21. The molecule has 1 N–H and O–H groups in total. The van der Waals surface area contributed by atoms with Gasteiger partial charge in [-0.3, -0.25) is 4.79 Å². The number of amides is 1. The summed E-state index contributed by atoms with van der Waals surface area (Å²) < 4.78 is 13.6. The number of likely N-dealkylation sites (tertiary alicyclic amines) is 1. The second kappa shape index (κ2) is 9.15. The first-order valence-electron chi connectivity index (χ1n) is 9.12. The van der Waals surface area contributed by atoms with Gasteiger partial charge in [0, 0.05) is 36.1 Å².